The van der Waals surface area contributed by atoms with Gasteiger partial charge < -0.3 is 4.74 Å². The van der Waals surface area contributed by atoms with Crippen molar-refractivity contribution in [3.05, 3.63) is 96.1 Å². The fourth-order valence-corrected chi connectivity index (χ4v) is 4.89. The highest BCUT2D eigenvalue weighted by Crippen LogP contribution is 2.21. The van der Waals surface area contributed by atoms with Crippen LogP contribution < -0.4 is 4.72 Å². The van der Waals surface area contributed by atoms with Crippen molar-refractivity contribution in [3.8, 4) is 0 Å². The van der Waals surface area contributed by atoms with Gasteiger partial charge >= 0.3 is 5.97 Å². The monoisotopic (exact) mass is 488 g/mol. The predicted molar refractivity (Wildman–Crippen MR) is 124 cm³/mol. The van der Waals surface area contributed by atoms with Gasteiger partial charge in [0.15, 0.2) is 0 Å². The number of hydrogen-bond donors (Lipinski definition) is 1. The zero-order chi connectivity index (χ0) is 24.1. The third-order valence-electron chi connectivity index (χ3n) is 4.80. The fourth-order valence-electron chi connectivity index (χ4n) is 2.93. The highest BCUT2D eigenvalue weighted by Gasteiger charge is 2.23. The van der Waals surface area contributed by atoms with Gasteiger partial charge in [0, 0.05) is 14.1 Å². The van der Waals surface area contributed by atoms with Crippen LogP contribution in [0.5, 0.6) is 0 Å². The summed E-state index contributed by atoms with van der Waals surface area (Å²) in [5.74, 6) is -0.712. The predicted octanol–water partition coefficient (Wildman–Crippen LogP) is 2.81. The van der Waals surface area contributed by atoms with Crippen LogP contribution in [0.3, 0.4) is 0 Å². The highest BCUT2D eigenvalue weighted by molar-refractivity contribution is 7.89. The molecule has 174 valence electrons. The molecule has 0 saturated heterocycles. The lowest BCUT2D eigenvalue weighted by atomic mass is 10.1. The molecular weight excluding hydrogens is 464 g/mol. The maximum Gasteiger partial charge on any atom is 0.338 e. The lowest BCUT2D eigenvalue weighted by Gasteiger charge is -2.19. The van der Waals surface area contributed by atoms with Crippen molar-refractivity contribution in [2.24, 2.45) is 0 Å². The molecule has 0 fully saturated rings. The maximum absolute atomic E-state index is 12.8. The summed E-state index contributed by atoms with van der Waals surface area (Å²) in [5, 5.41) is 0. The average Bonchev–Trinajstić information content (AvgIpc) is 2.82. The summed E-state index contributed by atoms with van der Waals surface area (Å²) in [6.07, 6.45) is -0.901. The molecule has 0 unspecified atom stereocenters. The van der Waals surface area contributed by atoms with Gasteiger partial charge in [0.25, 0.3) is 0 Å². The first kappa shape index (κ1) is 24.6. The summed E-state index contributed by atoms with van der Waals surface area (Å²) in [6.45, 7) is -0.180. The number of nitrogens with zero attached hydrogens (tertiary/aromatic N) is 1. The third kappa shape index (κ3) is 6.05. The zero-order valence-electron chi connectivity index (χ0n) is 18.1. The first-order valence-corrected chi connectivity index (χ1v) is 12.9. The Bertz CT molecular complexity index is 1290. The Balaban J connectivity index is 1.79. The highest BCUT2D eigenvalue weighted by atomic mass is 32.2. The van der Waals surface area contributed by atoms with Crippen molar-refractivity contribution in [1.82, 2.24) is 9.03 Å². The van der Waals surface area contributed by atoms with Crippen molar-refractivity contribution >= 4 is 26.0 Å². The van der Waals surface area contributed by atoms with E-state index in [9.17, 15) is 21.6 Å². The molecule has 0 aliphatic heterocycles. The van der Waals surface area contributed by atoms with E-state index in [1.54, 1.807) is 48.5 Å². The minimum absolute atomic E-state index is 0.0410. The second-order valence-corrected chi connectivity index (χ2v) is 11.2. The minimum atomic E-state index is -3.81. The van der Waals surface area contributed by atoms with E-state index < -0.39 is 32.1 Å². The number of esters is 1. The normalized spacial score (nSPS) is 12.9. The van der Waals surface area contributed by atoms with Gasteiger partial charge in [-0.3, -0.25) is 0 Å². The number of sulfonamides is 2. The van der Waals surface area contributed by atoms with Crippen molar-refractivity contribution in [2.75, 3.05) is 20.6 Å². The largest absolute Gasteiger partial charge is 0.452 e. The van der Waals surface area contributed by atoms with Gasteiger partial charge in [-0.15, -0.1) is 0 Å². The Morgan fingerprint density at radius 2 is 1.36 bits per heavy atom. The van der Waals surface area contributed by atoms with E-state index in [-0.39, 0.29) is 21.9 Å². The third-order valence-corrected chi connectivity index (χ3v) is 8.07. The van der Waals surface area contributed by atoms with Crippen LogP contribution in [0.15, 0.2) is 94.7 Å². The fraction of sp³-hybridized carbons (Fsp3) is 0.174. The Morgan fingerprint density at radius 1 is 0.818 bits per heavy atom. The summed E-state index contributed by atoms with van der Waals surface area (Å²) < 4.78 is 58.8. The van der Waals surface area contributed by atoms with E-state index in [1.165, 1.54) is 50.5 Å². The van der Waals surface area contributed by atoms with Crippen LogP contribution in [-0.2, 0) is 24.8 Å². The molecule has 0 spiro atoms. The van der Waals surface area contributed by atoms with Gasteiger partial charge in [0.05, 0.1) is 21.9 Å². The molecule has 0 aromatic heterocycles. The van der Waals surface area contributed by atoms with Crippen LogP contribution in [-0.4, -0.2) is 47.8 Å². The van der Waals surface area contributed by atoms with Crippen molar-refractivity contribution in [1.29, 1.82) is 0 Å². The SMILES string of the molecule is CN(C)S(=O)(=O)c1ccc(C(=O)O[C@H](CNS(=O)(=O)c2ccccc2)c2ccccc2)cc1. The Labute approximate surface area is 193 Å². The first-order chi connectivity index (χ1) is 15.6. The van der Waals surface area contributed by atoms with Crippen molar-refractivity contribution < 1.29 is 26.4 Å². The summed E-state index contributed by atoms with van der Waals surface area (Å²) in [6, 6.07) is 22.0. The van der Waals surface area contributed by atoms with Gasteiger partial charge in [-0.25, -0.2) is 30.7 Å². The molecule has 0 aliphatic rings. The summed E-state index contributed by atoms with van der Waals surface area (Å²) in [4.78, 5) is 12.9. The number of carbonyl (C=O) groups excluding carboxylic acids is 1. The zero-order valence-corrected chi connectivity index (χ0v) is 19.7. The Kier molecular flexibility index (Phi) is 7.65. The molecule has 0 bridgehead atoms. The number of carbonyl (C=O) groups is 1. The lowest BCUT2D eigenvalue weighted by Crippen LogP contribution is -2.30. The van der Waals surface area contributed by atoms with E-state index in [0.717, 1.165) is 4.31 Å². The number of benzene rings is 3. The van der Waals surface area contributed by atoms with Gasteiger partial charge in [-0.1, -0.05) is 48.5 Å². The van der Waals surface area contributed by atoms with Crippen LogP contribution in [0.4, 0.5) is 0 Å². The van der Waals surface area contributed by atoms with Gasteiger partial charge in [0.2, 0.25) is 20.0 Å². The maximum atomic E-state index is 12.8. The van der Waals surface area contributed by atoms with Gasteiger partial charge in [0.1, 0.15) is 6.10 Å². The van der Waals surface area contributed by atoms with Crippen molar-refractivity contribution in [2.45, 2.75) is 15.9 Å². The van der Waals surface area contributed by atoms with E-state index in [4.69, 9.17) is 4.74 Å². The smallest absolute Gasteiger partial charge is 0.338 e. The topological polar surface area (TPSA) is 110 Å². The molecule has 0 radical (unpaired) electrons. The van der Waals surface area contributed by atoms with Crippen molar-refractivity contribution in [3.63, 3.8) is 0 Å². The Morgan fingerprint density at radius 3 is 1.91 bits per heavy atom. The lowest BCUT2D eigenvalue weighted by molar-refractivity contribution is 0.0308. The molecule has 8 nitrogen and oxygen atoms in total. The number of rotatable bonds is 9. The molecular formula is C23H24N2O6S2. The average molecular weight is 489 g/mol. The Hall–Kier alpha value is -3.05. The second kappa shape index (κ2) is 10.3. The summed E-state index contributed by atoms with van der Waals surface area (Å²) in [5.41, 5.74) is 0.743. The second-order valence-electron chi connectivity index (χ2n) is 7.28. The van der Waals surface area contributed by atoms with Crippen LogP contribution in [0, 0.1) is 0 Å². The summed E-state index contributed by atoms with van der Waals surface area (Å²) >= 11 is 0. The van der Waals surface area contributed by atoms with E-state index in [2.05, 4.69) is 4.72 Å². The molecule has 10 heteroatoms. The number of nitrogens with one attached hydrogen (secondary N) is 1. The molecule has 1 N–H and O–H groups in total. The van der Waals surface area contributed by atoms with Crippen LogP contribution in [0.1, 0.15) is 22.0 Å². The van der Waals surface area contributed by atoms with Gasteiger partial charge in [-0.05, 0) is 42.0 Å². The standard InChI is InChI=1S/C23H24N2O6S2/c1-25(2)33(29,30)21-15-13-19(14-16-21)23(26)31-22(18-9-5-3-6-10-18)17-24-32(27,28)20-11-7-4-8-12-20/h3-16,22,24H,17H2,1-2H3/t22-/m1/s1. The van der Waals surface area contributed by atoms with E-state index in [0.29, 0.717) is 5.56 Å². The van der Waals surface area contributed by atoms with Crippen LogP contribution in [0.2, 0.25) is 0 Å². The first-order valence-electron chi connectivity index (χ1n) is 9.94. The molecule has 0 heterocycles. The van der Waals surface area contributed by atoms with Crippen LogP contribution in [0.25, 0.3) is 0 Å². The summed E-state index contributed by atoms with van der Waals surface area (Å²) in [7, 11) is -4.61. The van der Waals surface area contributed by atoms with E-state index in [1.807, 2.05) is 0 Å². The molecule has 0 amide bonds. The quantitative estimate of drug-likeness (QED) is 0.464. The molecule has 0 aliphatic carbocycles. The molecule has 3 rings (SSSR count). The van der Waals surface area contributed by atoms with E-state index >= 15 is 0 Å². The molecule has 1 atom stereocenters. The van der Waals surface area contributed by atoms with Crippen LogP contribution >= 0.6 is 0 Å². The molecule has 3 aromatic rings. The minimum Gasteiger partial charge on any atom is -0.452 e. The number of hydrogen-bond acceptors (Lipinski definition) is 6. The number of ether oxygens (including phenoxy) is 1. The molecule has 33 heavy (non-hydrogen) atoms. The van der Waals surface area contributed by atoms with Gasteiger partial charge in [-0.2, -0.15) is 0 Å². The molecule has 0 saturated carbocycles. The molecule has 3 aromatic carbocycles.